The predicted molar refractivity (Wildman–Crippen MR) is 103 cm³/mol. The second-order valence-corrected chi connectivity index (χ2v) is 6.70. The molecule has 0 aliphatic carbocycles. The Morgan fingerprint density at radius 1 is 1.52 bits per heavy atom. The van der Waals surface area contributed by atoms with Gasteiger partial charge in [-0.15, -0.1) is 0 Å². The van der Waals surface area contributed by atoms with Gasteiger partial charge in [-0.05, 0) is 30.5 Å². The molecule has 1 aliphatic heterocycles. The molecule has 144 valence electrons. The minimum absolute atomic E-state index is 0.0160. The van der Waals surface area contributed by atoms with Crippen molar-refractivity contribution < 1.29 is 14.6 Å². The number of hydrogen-bond donors (Lipinski definition) is 3. The number of ether oxygens (including phenoxy) is 1. The minimum Gasteiger partial charge on any atom is -0.495 e. The first kappa shape index (κ1) is 19.2. The van der Waals surface area contributed by atoms with E-state index in [0.717, 1.165) is 24.9 Å². The van der Waals surface area contributed by atoms with Gasteiger partial charge < -0.3 is 25.8 Å². The quantitative estimate of drug-likeness (QED) is 0.659. The fourth-order valence-electron chi connectivity index (χ4n) is 3.12. The summed E-state index contributed by atoms with van der Waals surface area (Å²) in [7, 11) is 1.55. The number of nitrogens with zero attached hydrogens (tertiary/aromatic N) is 3. The normalized spacial score (nSPS) is 16.4. The van der Waals surface area contributed by atoms with Gasteiger partial charge in [-0.25, -0.2) is 4.98 Å². The van der Waals surface area contributed by atoms with Gasteiger partial charge in [0.25, 0.3) is 5.91 Å². The van der Waals surface area contributed by atoms with Crippen molar-refractivity contribution in [2.45, 2.75) is 25.4 Å². The number of aliphatic hydroxyl groups is 1. The van der Waals surface area contributed by atoms with Crippen LogP contribution in [0.4, 0.5) is 11.8 Å². The highest BCUT2D eigenvalue weighted by molar-refractivity contribution is 6.32. The summed E-state index contributed by atoms with van der Waals surface area (Å²) in [6.07, 6.45) is 3.25. The number of nitrogens with one attached hydrogen (secondary N) is 1. The number of halogens is 1. The van der Waals surface area contributed by atoms with Crippen LogP contribution in [-0.4, -0.2) is 47.3 Å². The lowest BCUT2D eigenvalue weighted by Gasteiger charge is -2.23. The molecule has 4 N–H and O–H groups in total. The summed E-state index contributed by atoms with van der Waals surface area (Å²) in [5.41, 5.74) is 6.55. The van der Waals surface area contributed by atoms with Gasteiger partial charge in [-0.2, -0.15) is 4.98 Å². The number of amides is 1. The van der Waals surface area contributed by atoms with Crippen LogP contribution in [0.2, 0.25) is 5.02 Å². The molecular formula is C18H22ClN5O3. The van der Waals surface area contributed by atoms with Gasteiger partial charge in [0.2, 0.25) is 5.95 Å². The van der Waals surface area contributed by atoms with E-state index in [2.05, 4.69) is 15.3 Å². The number of nitrogens with two attached hydrogens (primary N) is 1. The maximum absolute atomic E-state index is 11.7. The highest BCUT2D eigenvalue weighted by Gasteiger charge is 2.27. The molecule has 1 amide bonds. The number of benzene rings is 1. The molecule has 3 rings (SSSR count). The maximum atomic E-state index is 11.7. The summed E-state index contributed by atoms with van der Waals surface area (Å²) < 4.78 is 5.15. The third kappa shape index (κ3) is 4.23. The Morgan fingerprint density at radius 3 is 3.00 bits per heavy atom. The number of aromatic nitrogens is 2. The lowest BCUT2D eigenvalue weighted by molar-refractivity contribution is 0.100. The van der Waals surface area contributed by atoms with E-state index in [1.165, 1.54) is 6.20 Å². The van der Waals surface area contributed by atoms with E-state index >= 15 is 0 Å². The molecular weight excluding hydrogens is 370 g/mol. The molecule has 1 aromatic heterocycles. The maximum Gasteiger partial charge on any atom is 0.254 e. The lowest BCUT2D eigenvalue weighted by atomic mass is 10.2. The van der Waals surface area contributed by atoms with Crippen molar-refractivity contribution in [1.29, 1.82) is 0 Å². The Kier molecular flexibility index (Phi) is 5.98. The number of primary amides is 1. The number of anilines is 2. The SMILES string of the molecule is COc1ccc(CNc2nc(N3CCC[C@@H]3CO)ncc2C(N)=O)cc1Cl. The largest absolute Gasteiger partial charge is 0.495 e. The van der Waals surface area contributed by atoms with E-state index in [9.17, 15) is 9.90 Å². The van der Waals surface area contributed by atoms with Crippen molar-refractivity contribution in [2.75, 3.05) is 30.5 Å². The summed E-state index contributed by atoms with van der Waals surface area (Å²) in [5.74, 6) is 0.790. The Morgan fingerprint density at radius 2 is 2.33 bits per heavy atom. The van der Waals surface area contributed by atoms with Crippen LogP contribution in [0.3, 0.4) is 0 Å². The molecule has 1 fully saturated rings. The Hall–Kier alpha value is -2.58. The molecule has 1 aliphatic rings. The lowest BCUT2D eigenvalue weighted by Crippen LogP contribution is -2.34. The van der Waals surface area contributed by atoms with Crippen LogP contribution in [0.5, 0.6) is 5.75 Å². The van der Waals surface area contributed by atoms with Gasteiger partial charge in [0.05, 0.1) is 30.3 Å². The molecule has 0 spiro atoms. The fourth-order valence-corrected chi connectivity index (χ4v) is 3.40. The van der Waals surface area contributed by atoms with Gasteiger partial charge >= 0.3 is 0 Å². The Balaban J connectivity index is 1.83. The van der Waals surface area contributed by atoms with E-state index in [-0.39, 0.29) is 18.2 Å². The summed E-state index contributed by atoms with van der Waals surface area (Å²) in [4.78, 5) is 22.4. The average Bonchev–Trinajstić information content (AvgIpc) is 3.15. The minimum atomic E-state index is -0.614. The van der Waals surface area contributed by atoms with Crippen LogP contribution in [0.25, 0.3) is 0 Å². The highest BCUT2D eigenvalue weighted by Crippen LogP contribution is 2.27. The molecule has 0 unspecified atom stereocenters. The van der Waals surface area contributed by atoms with Gasteiger partial charge in [0, 0.05) is 19.3 Å². The number of rotatable bonds is 7. The van der Waals surface area contributed by atoms with Gasteiger partial charge in [-0.3, -0.25) is 4.79 Å². The number of carbonyl (C=O) groups excluding carboxylic acids is 1. The molecule has 0 saturated carbocycles. The zero-order valence-electron chi connectivity index (χ0n) is 15.0. The monoisotopic (exact) mass is 391 g/mol. The molecule has 8 nitrogen and oxygen atoms in total. The molecule has 1 atom stereocenters. The molecule has 2 heterocycles. The fraction of sp³-hybridized carbons (Fsp3) is 0.389. The molecule has 27 heavy (non-hydrogen) atoms. The van der Waals surface area contributed by atoms with Crippen molar-refractivity contribution in [2.24, 2.45) is 5.73 Å². The van der Waals surface area contributed by atoms with E-state index in [1.807, 2.05) is 11.0 Å². The Labute approximate surface area is 162 Å². The third-order valence-corrected chi connectivity index (χ3v) is 4.86. The third-order valence-electron chi connectivity index (χ3n) is 4.56. The molecule has 0 bridgehead atoms. The Bertz CT molecular complexity index is 833. The van der Waals surface area contributed by atoms with E-state index in [0.29, 0.717) is 29.1 Å². The van der Waals surface area contributed by atoms with Crippen LogP contribution in [-0.2, 0) is 6.54 Å². The molecule has 2 aromatic rings. The second-order valence-electron chi connectivity index (χ2n) is 6.29. The standard InChI is InChI=1S/C18H22ClN5O3/c1-27-15-5-4-11(7-14(15)19)8-21-17-13(16(20)26)9-22-18(23-17)24-6-2-3-12(24)10-25/h4-5,7,9,12,25H,2-3,6,8,10H2,1H3,(H2,20,26)(H,21,22,23)/t12-/m1/s1. The smallest absolute Gasteiger partial charge is 0.254 e. The van der Waals surface area contributed by atoms with Crippen LogP contribution >= 0.6 is 11.6 Å². The van der Waals surface area contributed by atoms with Crippen molar-refractivity contribution in [3.8, 4) is 5.75 Å². The van der Waals surface area contributed by atoms with Crippen LogP contribution in [0, 0.1) is 0 Å². The van der Waals surface area contributed by atoms with Crippen molar-refractivity contribution in [3.05, 3.63) is 40.5 Å². The highest BCUT2D eigenvalue weighted by atomic mass is 35.5. The van der Waals surface area contributed by atoms with Gasteiger partial charge in [0.1, 0.15) is 11.6 Å². The summed E-state index contributed by atoms with van der Waals surface area (Å²) in [5, 5.41) is 13.2. The molecule has 1 aromatic carbocycles. The van der Waals surface area contributed by atoms with Gasteiger partial charge in [0.15, 0.2) is 0 Å². The first-order valence-electron chi connectivity index (χ1n) is 8.64. The van der Waals surface area contributed by atoms with Crippen LogP contribution in [0.1, 0.15) is 28.8 Å². The predicted octanol–water partition coefficient (Wildman–Crippen LogP) is 1.81. The average molecular weight is 392 g/mol. The topological polar surface area (TPSA) is 114 Å². The number of methoxy groups -OCH3 is 1. The number of hydrogen-bond acceptors (Lipinski definition) is 7. The second kappa shape index (κ2) is 8.41. The van der Waals surface area contributed by atoms with Crippen molar-refractivity contribution in [1.82, 2.24) is 9.97 Å². The zero-order chi connectivity index (χ0) is 19.4. The van der Waals surface area contributed by atoms with Gasteiger partial charge in [-0.1, -0.05) is 17.7 Å². The molecule has 0 radical (unpaired) electrons. The first-order valence-corrected chi connectivity index (χ1v) is 9.02. The van der Waals surface area contributed by atoms with Crippen molar-refractivity contribution in [3.63, 3.8) is 0 Å². The van der Waals surface area contributed by atoms with E-state index in [4.69, 9.17) is 22.1 Å². The van der Waals surface area contributed by atoms with E-state index in [1.54, 1.807) is 19.2 Å². The number of carbonyl (C=O) groups is 1. The van der Waals surface area contributed by atoms with E-state index < -0.39 is 5.91 Å². The van der Waals surface area contributed by atoms with Crippen LogP contribution in [0.15, 0.2) is 24.4 Å². The number of aliphatic hydroxyl groups excluding tert-OH is 1. The molecule has 1 saturated heterocycles. The first-order chi connectivity index (χ1) is 13.0. The molecule has 9 heteroatoms. The van der Waals surface area contributed by atoms with Crippen molar-refractivity contribution >= 4 is 29.3 Å². The summed E-state index contributed by atoms with van der Waals surface area (Å²) >= 11 is 6.15. The zero-order valence-corrected chi connectivity index (χ0v) is 15.7. The summed E-state index contributed by atoms with van der Waals surface area (Å²) in [6, 6.07) is 5.40. The summed E-state index contributed by atoms with van der Waals surface area (Å²) in [6.45, 7) is 1.19. The van der Waals surface area contributed by atoms with Crippen LogP contribution < -0.4 is 20.7 Å².